The van der Waals surface area contributed by atoms with Gasteiger partial charge in [0.05, 0.1) is 5.02 Å². The average Bonchev–Trinajstić information content (AvgIpc) is 2.03. The molecule has 4 heteroatoms. The maximum Gasteiger partial charge on any atom is 0.217 e. The van der Waals surface area contributed by atoms with Gasteiger partial charge in [0.1, 0.15) is 0 Å². The largest absolute Gasteiger partial charge is 0.352 e. The molecule has 1 aromatic heterocycles. The van der Waals surface area contributed by atoms with E-state index in [9.17, 15) is 4.79 Å². The zero-order valence-electron chi connectivity index (χ0n) is 6.67. The van der Waals surface area contributed by atoms with Gasteiger partial charge >= 0.3 is 0 Å². The average molecular weight is 185 g/mol. The van der Waals surface area contributed by atoms with Crippen molar-refractivity contribution in [3.05, 3.63) is 29.0 Å². The number of carbonyl (C=O) groups is 1. The van der Waals surface area contributed by atoms with Crippen LogP contribution < -0.4 is 5.32 Å². The lowest BCUT2D eigenvalue weighted by Crippen LogP contribution is -2.19. The third-order valence-electron chi connectivity index (χ3n) is 1.38. The highest BCUT2D eigenvalue weighted by molar-refractivity contribution is 6.31. The van der Waals surface area contributed by atoms with Crippen LogP contribution in [0.4, 0.5) is 0 Å². The summed E-state index contributed by atoms with van der Waals surface area (Å²) >= 11 is 5.79. The van der Waals surface area contributed by atoms with Crippen molar-refractivity contribution in [1.29, 1.82) is 0 Å². The summed E-state index contributed by atoms with van der Waals surface area (Å²) < 4.78 is 0. The van der Waals surface area contributed by atoms with Gasteiger partial charge in [-0.05, 0) is 11.6 Å². The van der Waals surface area contributed by atoms with E-state index in [0.29, 0.717) is 11.6 Å². The van der Waals surface area contributed by atoms with Gasteiger partial charge in [0.2, 0.25) is 5.91 Å². The molecule has 1 heterocycles. The lowest BCUT2D eigenvalue weighted by Gasteiger charge is -2.02. The Kier molecular flexibility index (Phi) is 3.05. The number of pyridine rings is 1. The molecule has 0 atom stereocenters. The number of hydrogen-bond donors (Lipinski definition) is 1. The molecule has 64 valence electrons. The Bertz CT molecular complexity index is 288. The highest BCUT2D eigenvalue weighted by Gasteiger charge is 1.98. The van der Waals surface area contributed by atoms with Gasteiger partial charge in [-0.1, -0.05) is 11.6 Å². The van der Waals surface area contributed by atoms with E-state index in [4.69, 9.17) is 11.6 Å². The first-order valence-corrected chi connectivity index (χ1v) is 3.91. The Morgan fingerprint density at radius 1 is 1.75 bits per heavy atom. The zero-order valence-corrected chi connectivity index (χ0v) is 7.43. The Hall–Kier alpha value is -1.09. The minimum atomic E-state index is -0.0668. The molecule has 0 aliphatic heterocycles. The van der Waals surface area contributed by atoms with Crippen LogP contribution in [0.25, 0.3) is 0 Å². The molecule has 0 fully saturated rings. The monoisotopic (exact) mass is 184 g/mol. The lowest BCUT2D eigenvalue weighted by atomic mass is 10.3. The maximum atomic E-state index is 10.6. The van der Waals surface area contributed by atoms with Gasteiger partial charge in [-0.15, -0.1) is 0 Å². The van der Waals surface area contributed by atoms with Crippen LogP contribution in [-0.4, -0.2) is 10.9 Å². The number of halogens is 1. The van der Waals surface area contributed by atoms with Gasteiger partial charge in [0, 0.05) is 25.9 Å². The highest BCUT2D eigenvalue weighted by atomic mass is 35.5. The van der Waals surface area contributed by atoms with E-state index < -0.39 is 0 Å². The topological polar surface area (TPSA) is 42.0 Å². The standard InChI is InChI=1S/C8H9ClN2O/c1-6(12)11-4-7-2-3-10-5-8(7)9/h2-3,5H,4H2,1H3,(H,11,12). The van der Waals surface area contributed by atoms with Gasteiger partial charge in [-0.2, -0.15) is 0 Å². The smallest absolute Gasteiger partial charge is 0.217 e. The predicted octanol–water partition coefficient (Wildman–Crippen LogP) is 1.37. The Morgan fingerprint density at radius 3 is 3.08 bits per heavy atom. The van der Waals surface area contributed by atoms with Crippen molar-refractivity contribution in [2.24, 2.45) is 0 Å². The molecule has 0 spiro atoms. The number of hydrogen-bond acceptors (Lipinski definition) is 2. The second-order valence-electron chi connectivity index (χ2n) is 2.38. The molecule has 1 aromatic rings. The first kappa shape index (κ1) is 9.00. The predicted molar refractivity (Wildman–Crippen MR) is 46.8 cm³/mol. The van der Waals surface area contributed by atoms with Crippen molar-refractivity contribution in [2.45, 2.75) is 13.5 Å². The summed E-state index contributed by atoms with van der Waals surface area (Å²) in [5.74, 6) is -0.0668. The summed E-state index contributed by atoms with van der Waals surface area (Å²) in [7, 11) is 0. The molecule has 0 aliphatic rings. The van der Waals surface area contributed by atoms with Crippen molar-refractivity contribution in [3.8, 4) is 0 Å². The van der Waals surface area contributed by atoms with Crippen LogP contribution in [-0.2, 0) is 11.3 Å². The highest BCUT2D eigenvalue weighted by Crippen LogP contribution is 2.12. The summed E-state index contributed by atoms with van der Waals surface area (Å²) in [6.45, 7) is 1.92. The van der Waals surface area contributed by atoms with Gasteiger partial charge in [0.25, 0.3) is 0 Å². The van der Waals surface area contributed by atoms with Crippen LogP contribution in [0.3, 0.4) is 0 Å². The summed E-state index contributed by atoms with van der Waals surface area (Å²) in [5, 5.41) is 3.23. The molecule has 3 nitrogen and oxygen atoms in total. The number of amides is 1. The second kappa shape index (κ2) is 4.07. The van der Waals surface area contributed by atoms with E-state index in [-0.39, 0.29) is 5.91 Å². The van der Waals surface area contributed by atoms with Crippen LogP contribution in [0.2, 0.25) is 5.02 Å². The van der Waals surface area contributed by atoms with E-state index in [1.165, 1.54) is 6.92 Å². The third kappa shape index (κ3) is 2.51. The summed E-state index contributed by atoms with van der Waals surface area (Å²) in [4.78, 5) is 14.4. The first-order chi connectivity index (χ1) is 5.70. The van der Waals surface area contributed by atoms with Crippen molar-refractivity contribution in [2.75, 3.05) is 0 Å². The van der Waals surface area contributed by atoms with E-state index in [2.05, 4.69) is 10.3 Å². The van der Waals surface area contributed by atoms with Crippen LogP contribution in [0, 0.1) is 0 Å². The molecule has 0 aliphatic carbocycles. The lowest BCUT2D eigenvalue weighted by molar-refractivity contribution is -0.119. The maximum absolute atomic E-state index is 10.6. The molecule has 0 saturated heterocycles. The molecular formula is C8H9ClN2O. The number of aromatic nitrogens is 1. The van der Waals surface area contributed by atoms with Gasteiger partial charge in [-0.3, -0.25) is 9.78 Å². The van der Waals surface area contributed by atoms with E-state index in [1.54, 1.807) is 18.5 Å². The Labute approximate surface area is 75.8 Å². The normalized spacial score (nSPS) is 9.50. The molecule has 1 rings (SSSR count). The molecule has 12 heavy (non-hydrogen) atoms. The zero-order chi connectivity index (χ0) is 8.97. The quantitative estimate of drug-likeness (QED) is 0.755. The minimum Gasteiger partial charge on any atom is -0.352 e. The van der Waals surface area contributed by atoms with Gasteiger partial charge in [-0.25, -0.2) is 0 Å². The Morgan fingerprint density at radius 2 is 2.50 bits per heavy atom. The summed E-state index contributed by atoms with van der Waals surface area (Å²) in [5.41, 5.74) is 0.877. The number of nitrogens with one attached hydrogen (secondary N) is 1. The first-order valence-electron chi connectivity index (χ1n) is 3.53. The van der Waals surface area contributed by atoms with Crippen LogP contribution in [0.1, 0.15) is 12.5 Å². The van der Waals surface area contributed by atoms with E-state index in [0.717, 1.165) is 5.56 Å². The number of carbonyl (C=O) groups excluding carboxylic acids is 1. The fraction of sp³-hybridized carbons (Fsp3) is 0.250. The molecule has 0 unspecified atom stereocenters. The van der Waals surface area contributed by atoms with Crippen molar-refractivity contribution in [3.63, 3.8) is 0 Å². The molecule has 0 bridgehead atoms. The van der Waals surface area contributed by atoms with Crippen LogP contribution in [0.5, 0.6) is 0 Å². The van der Waals surface area contributed by atoms with Crippen molar-refractivity contribution >= 4 is 17.5 Å². The summed E-state index contributed by atoms with van der Waals surface area (Å²) in [6, 6.07) is 1.78. The molecule has 1 amide bonds. The number of nitrogens with zero attached hydrogens (tertiary/aromatic N) is 1. The molecule has 0 aromatic carbocycles. The van der Waals surface area contributed by atoms with Crippen LogP contribution >= 0.6 is 11.6 Å². The second-order valence-corrected chi connectivity index (χ2v) is 2.78. The minimum absolute atomic E-state index is 0.0668. The fourth-order valence-electron chi connectivity index (χ4n) is 0.767. The van der Waals surface area contributed by atoms with E-state index >= 15 is 0 Å². The third-order valence-corrected chi connectivity index (χ3v) is 1.72. The summed E-state index contributed by atoms with van der Waals surface area (Å²) in [6.07, 6.45) is 3.20. The van der Waals surface area contributed by atoms with E-state index in [1.807, 2.05) is 0 Å². The molecule has 1 N–H and O–H groups in total. The van der Waals surface area contributed by atoms with Crippen molar-refractivity contribution in [1.82, 2.24) is 10.3 Å². The molecule has 0 saturated carbocycles. The number of rotatable bonds is 2. The SMILES string of the molecule is CC(=O)NCc1ccncc1Cl. The fourth-order valence-corrected chi connectivity index (χ4v) is 0.953. The van der Waals surface area contributed by atoms with Crippen LogP contribution in [0.15, 0.2) is 18.5 Å². The Balaban J connectivity index is 2.63. The molecule has 0 radical (unpaired) electrons. The van der Waals surface area contributed by atoms with Crippen molar-refractivity contribution < 1.29 is 4.79 Å². The van der Waals surface area contributed by atoms with Gasteiger partial charge in [0.15, 0.2) is 0 Å². The van der Waals surface area contributed by atoms with Gasteiger partial charge < -0.3 is 5.32 Å². The molecular weight excluding hydrogens is 176 g/mol.